The molecule has 0 aromatic rings. The fourth-order valence-electron chi connectivity index (χ4n) is 2.97. The van der Waals surface area contributed by atoms with Crippen LogP contribution in [-0.4, -0.2) is 37.1 Å². The molecule has 1 heterocycles. The van der Waals surface area contributed by atoms with Crippen molar-refractivity contribution in [3.63, 3.8) is 0 Å². The molecule has 4 atom stereocenters. The Morgan fingerprint density at radius 3 is 2.81 bits per heavy atom. The molecule has 94 valence electrons. The third-order valence-corrected chi connectivity index (χ3v) is 4.67. The van der Waals surface area contributed by atoms with E-state index in [0.29, 0.717) is 6.04 Å². The average molecular weight is 224 g/mol. The van der Waals surface area contributed by atoms with Crippen molar-refractivity contribution < 1.29 is 0 Å². The lowest BCUT2D eigenvalue weighted by Gasteiger charge is -2.35. The molecular formula is C14H28N2. The molecule has 4 unspecified atom stereocenters. The van der Waals surface area contributed by atoms with Gasteiger partial charge < -0.3 is 10.2 Å². The molecule has 2 aliphatic rings. The van der Waals surface area contributed by atoms with E-state index in [0.717, 1.165) is 17.8 Å². The molecule has 1 aliphatic heterocycles. The standard InChI is InChI=1S/C14H28N2/c1-4-16-7-5-6-13(10-16)12(3)15-9-14-8-11(14)2/h11-15H,4-10H2,1-3H3. The lowest BCUT2D eigenvalue weighted by atomic mass is 9.91. The molecule has 1 saturated carbocycles. The second-order valence-electron chi connectivity index (χ2n) is 5.97. The summed E-state index contributed by atoms with van der Waals surface area (Å²) in [5.74, 6) is 2.84. The van der Waals surface area contributed by atoms with Crippen LogP contribution in [0.2, 0.25) is 0 Å². The lowest BCUT2D eigenvalue weighted by Crippen LogP contribution is -2.44. The summed E-state index contributed by atoms with van der Waals surface area (Å²) in [6.07, 6.45) is 4.26. The first kappa shape index (κ1) is 12.4. The van der Waals surface area contributed by atoms with E-state index in [2.05, 4.69) is 31.0 Å². The van der Waals surface area contributed by atoms with Crippen molar-refractivity contribution in [3.05, 3.63) is 0 Å². The van der Waals surface area contributed by atoms with Crippen LogP contribution in [0.4, 0.5) is 0 Å². The predicted molar refractivity (Wildman–Crippen MR) is 69.6 cm³/mol. The molecule has 1 saturated heterocycles. The number of rotatable bonds is 5. The summed E-state index contributed by atoms with van der Waals surface area (Å²) in [4.78, 5) is 2.60. The Morgan fingerprint density at radius 1 is 1.44 bits per heavy atom. The number of hydrogen-bond donors (Lipinski definition) is 1. The Bertz CT molecular complexity index is 217. The summed E-state index contributed by atoms with van der Waals surface area (Å²) in [7, 11) is 0. The van der Waals surface area contributed by atoms with Crippen molar-refractivity contribution in [2.24, 2.45) is 17.8 Å². The number of nitrogens with zero attached hydrogens (tertiary/aromatic N) is 1. The van der Waals surface area contributed by atoms with E-state index in [4.69, 9.17) is 0 Å². The molecule has 2 rings (SSSR count). The SMILES string of the molecule is CCN1CCCC(C(C)NCC2CC2C)C1. The summed E-state index contributed by atoms with van der Waals surface area (Å²) >= 11 is 0. The number of nitrogens with one attached hydrogen (secondary N) is 1. The topological polar surface area (TPSA) is 15.3 Å². The van der Waals surface area contributed by atoms with Crippen LogP contribution < -0.4 is 5.32 Å². The van der Waals surface area contributed by atoms with Gasteiger partial charge in [0, 0.05) is 12.6 Å². The fraction of sp³-hybridized carbons (Fsp3) is 1.00. The van der Waals surface area contributed by atoms with Gasteiger partial charge in [-0.15, -0.1) is 0 Å². The molecule has 0 aromatic carbocycles. The summed E-state index contributed by atoms with van der Waals surface area (Å²) in [5.41, 5.74) is 0. The Hall–Kier alpha value is -0.0800. The van der Waals surface area contributed by atoms with Crippen LogP contribution in [0, 0.1) is 17.8 Å². The highest BCUT2D eigenvalue weighted by Gasteiger charge is 2.33. The van der Waals surface area contributed by atoms with E-state index in [-0.39, 0.29) is 0 Å². The Balaban J connectivity index is 1.68. The molecule has 2 nitrogen and oxygen atoms in total. The van der Waals surface area contributed by atoms with Gasteiger partial charge in [0.25, 0.3) is 0 Å². The second kappa shape index (κ2) is 5.50. The van der Waals surface area contributed by atoms with Crippen LogP contribution in [-0.2, 0) is 0 Å². The van der Waals surface area contributed by atoms with E-state index >= 15 is 0 Å². The first-order chi connectivity index (χ1) is 7.70. The van der Waals surface area contributed by atoms with E-state index in [1.165, 1.54) is 45.4 Å². The number of hydrogen-bond acceptors (Lipinski definition) is 2. The third-order valence-electron chi connectivity index (χ3n) is 4.67. The fourth-order valence-corrected chi connectivity index (χ4v) is 2.97. The van der Waals surface area contributed by atoms with Crippen molar-refractivity contribution in [1.29, 1.82) is 0 Å². The monoisotopic (exact) mass is 224 g/mol. The number of piperidine rings is 1. The van der Waals surface area contributed by atoms with Crippen LogP contribution >= 0.6 is 0 Å². The van der Waals surface area contributed by atoms with Gasteiger partial charge in [-0.05, 0) is 63.6 Å². The van der Waals surface area contributed by atoms with Crippen LogP contribution in [0.15, 0.2) is 0 Å². The van der Waals surface area contributed by atoms with E-state index in [9.17, 15) is 0 Å². The van der Waals surface area contributed by atoms with Gasteiger partial charge in [-0.25, -0.2) is 0 Å². The zero-order valence-electron chi connectivity index (χ0n) is 11.2. The molecule has 0 spiro atoms. The van der Waals surface area contributed by atoms with Crippen LogP contribution in [0.3, 0.4) is 0 Å². The van der Waals surface area contributed by atoms with Gasteiger partial charge in [-0.2, -0.15) is 0 Å². The lowest BCUT2D eigenvalue weighted by molar-refractivity contribution is 0.156. The summed E-state index contributed by atoms with van der Waals surface area (Å²) in [6, 6.07) is 0.710. The molecule has 16 heavy (non-hydrogen) atoms. The predicted octanol–water partition coefficient (Wildman–Crippen LogP) is 2.35. The Kier molecular flexibility index (Phi) is 4.26. The smallest absolute Gasteiger partial charge is 0.00793 e. The van der Waals surface area contributed by atoms with Crippen molar-refractivity contribution >= 4 is 0 Å². The van der Waals surface area contributed by atoms with Crippen molar-refractivity contribution in [3.8, 4) is 0 Å². The van der Waals surface area contributed by atoms with Gasteiger partial charge in [-0.3, -0.25) is 0 Å². The minimum absolute atomic E-state index is 0.710. The second-order valence-corrected chi connectivity index (χ2v) is 5.97. The summed E-state index contributed by atoms with van der Waals surface area (Å²) in [5, 5.41) is 3.76. The average Bonchev–Trinajstić information content (AvgIpc) is 3.02. The van der Waals surface area contributed by atoms with Crippen LogP contribution in [0.25, 0.3) is 0 Å². The molecular weight excluding hydrogens is 196 g/mol. The molecule has 0 radical (unpaired) electrons. The quantitative estimate of drug-likeness (QED) is 0.771. The van der Waals surface area contributed by atoms with E-state index in [1.54, 1.807) is 0 Å². The van der Waals surface area contributed by atoms with Crippen molar-refractivity contribution in [2.45, 2.75) is 46.1 Å². The molecule has 1 N–H and O–H groups in total. The largest absolute Gasteiger partial charge is 0.314 e. The van der Waals surface area contributed by atoms with Crippen LogP contribution in [0.1, 0.15) is 40.0 Å². The number of likely N-dealkylation sites (tertiary alicyclic amines) is 1. The molecule has 0 bridgehead atoms. The summed E-state index contributed by atoms with van der Waals surface area (Å²) < 4.78 is 0. The first-order valence-electron chi connectivity index (χ1n) is 7.16. The zero-order chi connectivity index (χ0) is 11.5. The molecule has 0 amide bonds. The molecule has 0 aromatic heterocycles. The van der Waals surface area contributed by atoms with Gasteiger partial charge in [0.15, 0.2) is 0 Å². The summed E-state index contributed by atoms with van der Waals surface area (Å²) in [6.45, 7) is 12.2. The highest BCUT2D eigenvalue weighted by atomic mass is 15.1. The Labute approximate surface area is 101 Å². The zero-order valence-corrected chi connectivity index (χ0v) is 11.2. The normalized spacial score (nSPS) is 37.3. The minimum Gasteiger partial charge on any atom is -0.314 e. The van der Waals surface area contributed by atoms with Crippen molar-refractivity contribution in [2.75, 3.05) is 26.2 Å². The maximum absolute atomic E-state index is 3.76. The van der Waals surface area contributed by atoms with Gasteiger partial charge in [0.05, 0.1) is 0 Å². The highest BCUT2D eigenvalue weighted by Crippen LogP contribution is 2.37. The van der Waals surface area contributed by atoms with Gasteiger partial charge in [-0.1, -0.05) is 13.8 Å². The van der Waals surface area contributed by atoms with Gasteiger partial charge in [0.1, 0.15) is 0 Å². The van der Waals surface area contributed by atoms with Crippen LogP contribution in [0.5, 0.6) is 0 Å². The van der Waals surface area contributed by atoms with E-state index in [1.807, 2.05) is 0 Å². The Morgan fingerprint density at radius 2 is 2.19 bits per heavy atom. The molecule has 1 aliphatic carbocycles. The highest BCUT2D eigenvalue weighted by molar-refractivity contribution is 4.87. The maximum atomic E-state index is 3.76. The molecule has 2 heteroatoms. The van der Waals surface area contributed by atoms with Gasteiger partial charge in [0.2, 0.25) is 0 Å². The maximum Gasteiger partial charge on any atom is 0.00793 e. The van der Waals surface area contributed by atoms with E-state index < -0.39 is 0 Å². The third kappa shape index (κ3) is 3.21. The van der Waals surface area contributed by atoms with Crippen molar-refractivity contribution in [1.82, 2.24) is 10.2 Å². The molecule has 2 fully saturated rings. The van der Waals surface area contributed by atoms with Gasteiger partial charge >= 0.3 is 0 Å². The first-order valence-corrected chi connectivity index (χ1v) is 7.16. The minimum atomic E-state index is 0.710.